The minimum atomic E-state index is -0.502. The minimum absolute atomic E-state index is 0.0733. The molecule has 2 aromatic rings. The number of hydrogen-bond acceptors (Lipinski definition) is 7. The number of pyridine rings is 2. The standard InChI is InChI=1S/C10H15N3O3.C10H17N3/c1-8(2)3-5-11-9-7-12(14)6-4-10(9)13(15)16;1-8(2)3-6-13-10-7-12-5-4-9(10)11/h4,6-8,11H,3,5H2,1-2H3;4-5,7-8,13H,3,6H2,1-2H3,(H2,11,12). The Kier molecular flexibility index (Phi) is 10.2. The maximum Gasteiger partial charge on any atom is 0.304 e. The summed E-state index contributed by atoms with van der Waals surface area (Å²) in [4.78, 5) is 14.2. The Labute approximate surface area is 172 Å². The Hall–Kier alpha value is -3.10. The third kappa shape index (κ3) is 9.59. The van der Waals surface area contributed by atoms with Gasteiger partial charge in [-0.05, 0) is 30.7 Å². The van der Waals surface area contributed by atoms with Gasteiger partial charge >= 0.3 is 5.69 Å². The zero-order chi connectivity index (χ0) is 21.8. The van der Waals surface area contributed by atoms with E-state index in [2.05, 4.69) is 43.3 Å². The molecule has 0 spiro atoms. The summed E-state index contributed by atoms with van der Waals surface area (Å²) in [6, 6.07) is 3.00. The maximum atomic E-state index is 11.0. The molecule has 0 aliphatic heterocycles. The van der Waals surface area contributed by atoms with Crippen LogP contribution in [-0.2, 0) is 0 Å². The average molecular weight is 405 g/mol. The van der Waals surface area contributed by atoms with Gasteiger partial charge in [0.05, 0.1) is 28.6 Å². The monoisotopic (exact) mass is 404 g/mol. The molecule has 0 fully saturated rings. The van der Waals surface area contributed by atoms with Crippen molar-refractivity contribution in [3.8, 4) is 0 Å². The molecule has 29 heavy (non-hydrogen) atoms. The molecule has 0 radical (unpaired) electrons. The lowest BCUT2D eigenvalue weighted by Gasteiger charge is -2.09. The van der Waals surface area contributed by atoms with E-state index in [1.54, 1.807) is 18.5 Å². The van der Waals surface area contributed by atoms with Gasteiger partial charge in [0, 0.05) is 19.3 Å². The normalized spacial score (nSPS) is 10.4. The zero-order valence-electron chi connectivity index (χ0n) is 17.6. The van der Waals surface area contributed by atoms with Crippen LogP contribution in [-0.4, -0.2) is 23.0 Å². The van der Waals surface area contributed by atoms with Gasteiger partial charge in [-0.2, -0.15) is 4.73 Å². The van der Waals surface area contributed by atoms with Crippen molar-refractivity contribution in [2.75, 3.05) is 29.5 Å². The second-order valence-corrected chi connectivity index (χ2v) is 7.54. The van der Waals surface area contributed by atoms with E-state index >= 15 is 0 Å². The second kappa shape index (κ2) is 12.4. The molecule has 0 aliphatic carbocycles. The van der Waals surface area contributed by atoms with Crippen molar-refractivity contribution < 1.29 is 9.65 Å². The SMILES string of the molecule is CC(C)CCNc1c[n+]([O-])ccc1[N+](=O)[O-].CC(C)CCNc1cnccc1N. The largest absolute Gasteiger partial charge is 0.619 e. The van der Waals surface area contributed by atoms with Crippen LogP contribution in [0.2, 0.25) is 0 Å². The molecule has 9 heteroatoms. The zero-order valence-corrected chi connectivity index (χ0v) is 17.6. The Balaban J connectivity index is 0.000000296. The van der Waals surface area contributed by atoms with Gasteiger partial charge in [0.1, 0.15) is 0 Å². The van der Waals surface area contributed by atoms with Gasteiger partial charge in [-0.25, -0.2) is 0 Å². The number of nitrogen functional groups attached to an aromatic ring is 1. The molecule has 2 heterocycles. The van der Waals surface area contributed by atoms with Crippen LogP contribution < -0.4 is 21.1 Å². The Morgan fingerprint density at radius 3 is 2.21 bits per heavy atom. The van der Waals surface area contributed by atoms with Crippen molar-refractivity contribution in [1.82, 2.24) is 4.98 Å². The van der Waals surface area contributed by atoms with E-state index in [0.29, 0.717) is 23.1 Å². The lowest BCUT2D eigenvalue weighted by atomic mass is 10.1. The van der Waals surface area contributed by atoms with E-state index < -0.39 is 4.92 Å². The number of hydrogen-bond donors (Lipinski definition) is 3. The summed E-state index contributed by atoms with van der Waals surface area (Å²) in [6.45, 7) is 10.1. The molecule has 0 aromatic carbocycles. The van der Waals surface area contributed by atoms with Crippen molar-refractivity contribution in [2.24, 2.45) is 11.8 Å². The van der Waals surface area contributed by atoms with E-state index in [4.69, 9.17) is 5.73 Å². The van der Waals surface area contributed by atoms with E-state index in [1.807, 2.05) is 0 Å². The second-order valence-electron chi connectivity index (χ2n) is 7.54. The summed E-state index contributed by atoms with van der Waals surface area (Å²) >= 11 is 0. The van der Waals surface area contributed by atoms with Gasteiger partial charge in [0.25, 0.3) is 0 Å². The molecular weight excluding hydrogens is 372 g/mol. The highest BCUT2D eigenvalue weighted by molar-refractivity contribution is 5.64. The summed E-state index contributed by atoms with van der Waals surface area (Å²) < 4.78 is 0.546. The Morgan fingerprint density at radius 2 is 1.69 bits per heavy atom. The van der Waals surface area contributed by atoms with E-state index in [1.165, 1.54) is 12.3 Å². The predicted molar refractivity (Wildman–Crippen MR) is 117 cm³/mol. The van der Waals surface area contributed by atoms with Crippen molar-refractivity contribution >= 4 is 22.7 Å². The summed E-state index contributed by atoms with van der Waals surface area (Å²) in [6.07, 6.45) is 7.79. The summed E-state index contributed by atoms with van der Waals surface area (Å²) in [5.74, 6) is 1.22. The highest BCUT2D eigenvalue weighted by Crippen LogP contribution is 2.21. The van der Waals surface area contributed by atoms with Crippen LogP contribution in [0, 0.1) is 27.2 Å². The van der Waals surface area contributed by atoms with Gasteiger partial charge in [0.15, 0.2) is 11.9 Å². The van der Waals surface area contributed by atoms with Crippen LogP contribution in [0.15, 0.2) is 36.9 Å². The number of aromatic nitrogens is 2. The van der Waals surface area contributed by atoms with Crippen LogP contribution in [0.25, 0.3) is 0 Å². The molecule has 2 aromatic heterocycles. The van der Waals surface area contributed by atoms with Crippen LogP contribution in [0.5, 0.6) is 0 Å². The molecule has 2 rings (SSSR count). The summed E-state index contributed by atoms with van der Waals surface area (Å²) in [5, 5.41) is 27.9. The fourth-order valence-electron chi connectivity index (χ4n) is 2.31. The van der Waals surface area contributed by atoms with Gasteiger partial charge in [-0.1, -0.05) is 27.7 Å². The minimum Gasteiger partial charge on any atom is -0.619 e. The average Bonchev–Trinajstić information content (AvgIpc) is 2.63. The molecule has 160 valence electrons. The molecule has 9 nitrogen and oxygen atoms in total. The number of rotatable bonds is 9. The number of nitrogens with one attached hydrogen (secondary N) is 2. The lowest BCUT2D eigenvalue weighted by molar-refractivity contribution is -0.605. The number of anilines is 3. The van der Waals surface area contributed by atoms with Gasteiger partial charge in [-0.3, -0.25) is 15.1 Å². The number of nitro groups is 1. The summed E-state index contributed by atoms with van der Waals surface area (Å²) in [5.41, 5.74) is 7.62. The molecule has 0 saturated heterocycles. The van der Waals surface area contributed by atoms with Crippen LogP contribution in [0.4, 0.5) is 22.7 Å². The Morgan fingerprint density at radius 1 is 1.10 bits per heavy atom. The molecular formula is C20H32N6O3. The fraction of sp³-hybridized carbons (Fsp3) is 0.500. The third-order valence-electron chi connectivity index (χ3n) is 4.04. The number of nitrogens with zero attached hydrogens (tertiary/aromatic N) is 3. The first-order chi connectivity index (χ1) is 13.7. The van der Waals surface area contributed by atoms with Crippen molar-refractivity contribution in [2.45, 2.75) is 40.5 Å². The van der Waals surface area contributed by atoms with Crippen LogP contribution in [0.3, 0.4) is 0 Å². The van der Waals surface area contributed by atoms with Crippen molar-refractivity contribution in [3.63, 3.8) is 0 Å². The molecule has 0 aliphatic rings. The molecule has 0 bridgehead atoms. The van der Waals surface area contributed by atoms with E-state index in [0.717, 1.165) is 37.0 Å². The predicted octanol–water partition coefficient (Wildman–Crippen LogP) is 3.81. The maximum absolute atomic E-state index is 11.0. The molecule has 0 saturated carbocycles. The van der Waals surface area contributed by atoms with Gasteiger partial charge < -0.3 is 21.6 Å². The molecule has 4 N–H and O–H groups in total. The Bertz CT molecular complexity index is 768. The van der Waals surface area contributed by atoms with Crippen molar-refractivity contribution in [1.29, 1.82) is 0 Å². The van der Waals surface area contributed by atoms with E-state index in [9.17, 15) is 15.3 Å². The smallest absolute Gasteiger partial charge is 0.304 e. The first-order valence-corrected chi connectivity index (χ1v) is 9.75. The molecule has 0 atom stereocenters. The highest BCUT2D eigenvalue weighted by atomic mass is 16.6. The third-order valence-corrected chi connectivity index (χ3v) is 4.04. The molecule has 0 unspecified atom stereocenters. The molecule has 0 amide bonds. The van der Waals surface area contributed by atoms with Crippen molar-refractivity contribution in [3.05, 3.63) is 52.2 Å². The fourth-order valence-corrected chi connectivity index (χ4v) is 2.31. The topological polar surface area (TPSA) is 133 Å². The van der Waals surface area contributed by atoms with E-state index in [-0.39, 0.29) is 11.4 Å². The summed E-state index contributed by atoms with van der Waals surface area (Å²) in [7, 11) is 0. The first kappa shape index (κ1) is 23.9. The van der Waals surface area contributed by atoms with Gasteiger partial charge in [0.2, 0.25) is 6.20 Å². The number of nitrogens with two attached hydrogens (primary N) is 1. The van der Waals surface area contributed by atoms with Crippen LogP contribution >= 0.6 is 0 Å². The quantitative estimate of drug-likeness (QED) is 0.250. The van der Waals surface area contributed by atoms with Gasteiger partial charge in [-0.15, -0.1) is 0 Å². The highest BCUT2D eigenvalue weighted by Gasteiger charge is 2.16. The lowest BCUT2D eigenvalue weighted by Crippen LogP contribution is -2.25. The first-order valence-electron chi connectivity index (χ1n) is 9.75. The van der Waals surface area contributed by atoms with Crippen LogP contribution in [0.1, 0.15) is 40.5 Å².